The van der Waals surface area contributed by atoms with Crippen LogP contribution in [0.2, 0.25) is 5.15 Å². The molecule has 8 heteroatoms. The molecule has 0 spiro atoms. The third kappa shape index (κ3) is 3.30. The van der Waals surface area contributed by atoms with Gasteiger partial charge in [0.25, 0.3) is 0 Å². The largest absolute Gasteiger partial charge is 0.335 e. The number of benzene rings is 2. The minimum atomic E-state index is 0.502. The van der Waals surface area contributed by atoms with Crippen LogP contribution in [0.15, 0.2) is 64.2 Å². The van der Waals surface area contributed by atoms with Crippen LogP contribution in [0.25, 0.3) is 22.2 Å². The third-order valence-corrected chi connectivity index (χ3v) is 5.83. The summed E-state index contributed by atoms with van der Waals surface area (Å²) in [6.07, 6.45) is 0. The predicted octanol–water partition coefficient (Wildman–Crippen LogP) is 4.92. The number of aromatic nitrogens is 4. The van der Waals surface area contributed by atoms with Crippen molar-refractivity contribution in [3.8, 4) is 11.4 Å². The lowest BCUT2D eigenvalue weighted by Crippen LogP contribution is -2.11. The predicted molar refractivity (Wildman–Crippen MR) is 110 cm³/mol. The quantitative estimate of drug-likeness (QED) is 0.274. The van der Waals surface area contributed by atoms with Gasteiger partial charge in [-0.05, 0) is 23.6 Å². The average molecular weight is 447 g/mol. The molecule has 2 heterocycles. The Bertz CT molecular complexity index is 1100. The van der Waals surface area contributed by atoms with E-state index in [4.69, 9.17) is 17.4 Å². The van der Waals surface area contributed by atoms with E-state index in [9.17, 15) is 0 Å². The van der Waals surface area contributed by atoms with Gasteiger partial charge in [0.1, 0.15) is 5.15 Å². The van der Waals surface area contributed by atoms with Crippen molar-refractivity contribution in [1.29, 1.82) is 0 Å². The SMILES string of the molecule is Nn1c(SCc2cc3ccccc3c(Cl)n2)nnc1-c1ccccc1Br. The highest BCUT2D eigenvalue weighted by molar-refractivity contribution is 9.10. The fourth-order valence-corrected chi connectivity index (χ4v) is 4.11. The summed E-state index contributed by atoms with van der Waals surface area (Å²) in [5.41, 5.74) is 1.75. The van der Waals surface area contributed by atoms with Gasteiger partial charge in [-0.15, -0.1) is 10.2 Å². The lowest BCUT2D eigenvalue weighted by molar-refractivity contribution is 0.849. The summed E-state index contributed by atoms with van der Waals surface area (Å²) in [5, 5.41) is 11.5. The number of nitrogen functional groups attached to an aromatic ring is 1. The zero-order valence-corrected chi connectivity index (χ0v) is 16.6. The Morgan fingerprint density at radius 1 is 1.08 bits per heavy atom. The molecular weight excluding hydrogens is 434 g/mol. The van der Waals surface area contributed by atoms with Crippen molar-refractivity contribution in [1.82, 2.24) is 19.9 Å². The van der Waals surface area contributed by atoms with Gasteiger partial charge in [0.15, 0.2) is 5.82 Å². The molecule has 0 radical (unpaired) electrons. The maximum absolute atomic E-state index is 6.29. The van der Waals surface area contributed by atoms with E-state index in [0.717, 1.165) is 26.5 Å². The monoisotopic (exact) mass is 445 g/mol. The first-order chi connectivity index (χ1) is 12.6. The summed E-state index contributed by atoms with van der Waals surface area (Å²) in [4.78, 5) is 4.46. The van der Waals surface area contributed by atoms with Crippen molar-refractivity contribution < 1.29 is 0 Å². The molecule has 0 atom stereocenters. The van der Waals surface area contributed by atoms with Crippen molar-refractivity contribution >= 4 is 50.1 Å². The Kier molecular flexibility index (Phi) is 4.84. The molecular formula is C18H13BrClN5S. The highest BCUT2D eigenvalue weighted by atomic mass is 79.9. The van der Waals surface area contributed by atoms with Gasteiger partial charge in [0.05, 0.1) is 5.69 Å². The molecule has 26 heavy (non-hydrogen) atoms. The van der Waals surface area contributed by atoms with Gasteiger partial charge >= 0.3 is 0 Å². The third-order valence-electron chi connectivity index (χ3n) is 3.88. The number of halogens is 2. The van der Waals surface area contributed by atoms with E-state index in [2.05, 4.69) is 31.1 Å². The van der Waals surface area contributed by atoms with Crippen LogP contribution in [0.1, 0.15) is 5.69 Å². The number of rotatable bonds is 4. The summed E-state index contributed by atoms with van der Waals surface area (Å²) in [6, 6.07) is 17.7. The molecule has 4 aromatic rings. The van der Waals surface area contributed by atoms with Gasteiger partial charge in [-0.2, -0.15) is 0 Å². The molecule has 2 aromatic carbocycles. The number of hydrogen-bond donors (Lipinski definition) is 1. The van der Waals surface area contributed by atoms with Crippen LogP contribution in [0.3, 0.4) is 0 Å². The van der Waals surface area contributed by atoms with E-state index in [0.29, 0.717) is 21.9 Å². The molecule has 0 aliphatic carbocycles. The normalized spacial score (nSPS) is 11.2. The summed E-state index contributed by atoms with van der Waals surface area (Å²) < 4.78 is 2.41. The van der Waals surface area contributed by atoms with Crippen molar-refractivity contribution in [3.05, 3.63) is 69.9 Å². The van der Waals surface area contributed by atoms with Crippen LogP contribution in [0.4, 0.5) is 0 Å². The Morgan fingerprint density at radius 3 is 2.69 bits per heavy atom. The van der Waals surface area contributed by atoms with Gasteiger partial charge in [-0.3, -0.25) is 0 Å². The smallest absolute Gasteiger partial charge is 0.210 e. The van der Waals surface area contributed by atoms with E-state index in [-0.39, 0.29) is 0 Å². The Labute approximate surface area is 167 Å². The van der Waals surface area contributed by atoms with Crippen LogP contribution < -0.4 is 5.84 Å². The van der Waals surface area contributed by atoms with Gasteiger partial charge in [0, 0.05) is 21.2 Å². The average Bonchev–Trinajstić information content (AvgIpc) is 3.01. The van der Waals surface area contributed by atoms with Gasteiger partial charge < -0.3 is 5.84 Å². The summed E-state index contributed by atoms with van der Waals surface area (Å²) in [7, 11) is 0. The molecule has 0 saturated carbocycles. The van der Waals surface area contributed by atoms with Gasteiger partial charge in [-0.25, -0.2) is 9.66 Å². The Hall–Kier alpha value is -2.09. The number of nitrogens with two attached hydrogens (primary N) is 1. The van der Waals surface area contributed by atoms with E-state index in [1.165, 1.54) is 16.4 Å². The molecule has 0 aliphatic heterocycles. The number of hydrogen-bond acceptors (Lipinski definition) is 5. The molecule has 4 rings (SSSR count). The van der Waals surface area contributed by atoms with Crippen molar-refractivity contribution in [2.75, 3.05) is 5.84 Å². The van der Waals surface area contributed by atoms with E-state index >= 15 is 0 Å². The minimum Gasteiger partial charge on any atom is -0.335 e. The second kappa shape index (κ2) is 7.26. The second-order valence-corrected chi connectivity index (χ2v) is 7.73. The number of fused-ring (bicyclic) bond motifs is 1. The topological polar surface area (TPSA) is 69.6 Å². The van der Waals surface area contributed by atoms with E-state index < -0.39 is 0 Å². The van der Waals surface area contributed by atoms with Crippen LogP contribution in [0.5, 0.6) is 0 Å². The molecule has 0 saturated heterocycles. The second-order valence-electron chi connectivity index (χ2n) is 5.57. The van der Waals surface area contributed by atoms with Crippen LogP contribution in [-0.2, 0) is 5.75 Å². The van der Waals surface area contributed by atoms with Crippen molar-refractivity contribution in [3.63, 3.8) is 0 Å². The minimum absolute atomic E-state index is 0.502. The molecule has 0 unspecified atom stereocenters. The van der Waals surface area contributed by atoms with Gasteiger partial charge in [-0.1, -0.05) is 75.7 Å². The Balaban J connectivity index is 1.59. The number of thioether (sulfide) groups is 1. The Morgan fingerprint density at radius 2 is 1.85 bits per heavy atom. The molecule has 2 N–H and O–H groups in total. The number of nitrogens with zero attached hydrogens (tertiary/aromatic N) is 4. The lowest BCUT2D eigenvalue weighted by Gasteiger charge is -2.06. The number of pyridine rings is 1. The van der Waals surface area contributed by atoms with Crippen molar-refractivity contribution in [2.24, 2.45) is 0 Å². The highest BCUT2D eigenvalue weighted by Crippen LogP contribution is 2.30. The molecule has 130 valence electrons. The fourth-order valence-electron chi connectivity index (χ4n) is 2.62. The molecule has 0 amide bonds. The molecule has 0 bridgehead atoms. The maximum Gasteiger partial charge on any atom is 0.210 e. The standard InChI is InChI=1S/C18H13BrClN5S/c19-15-8-4-3-7-14(15)17-23-24-18(25(17)21)26-10-12-9-11-5-1-2-6-13(11)16(20)22-12/h1-9H,10,21H2. The summed E-state index contributed by atoms with van der Waals surface area (Å²) in [6.45, 7) is 0. The van der Waals surface area contributed by atoms with Crippen LogP contribution in [-0.4, -0.2) is 19.9 Å². The molecule has 0 aliphatic rings. The zero-order valence-electron chi connectivity index (χ0n) is 13.4. The maximum atomic E-state index is 6.29. The molecule has 2 aromatic heterocycles. The van der Waals surface area contributed by atoms with Crippen LogP contribution >= 0.6 is 39.3 Å². The fraction of sp³-hybridized carbons (Fsp3) is 0.0556. The van der Waals surface area contributed by atoms with Crippen LogP contribution in [0, 0.1) is 0 Å². The summed E-state index contributed by atoms with van der Waals surface area (Å²) >= 11 is 11.3. The van der Waals surface area contributed by atoms with Crippen molar-refractivity contribution in [2.45, 2.75) is 10.9 Å². The zero-order chi connectivity index (χ0) is 18.1. The highest BCUT2D eigenvalue weighted by Gasteiger charge is 2.15. The molecule has 0 fully saturated rings. The first kappa shape index (κ1) is 17.3. The lowest BCUT2D eigenvalue weighted by atomic mass is 10.1. The van der Waals surface area contributed by atoms with Gasteiger partial charge in [0.2, 0.25) is 5.16 Å². The molecule has 5 nitrogen and oxygen atoms in total. The van der Waals surface area contributed by atoms with E-state index in [1.54, 1.807) is 0 Å². The first-order valence-corrected chi connectivity index (χ1v) is 9.91. The summed E-state index contributed by atoms with van der Waals surface area (Å²) in [5.74, 6) is 7.39. The first-order valence-electron chi connectivity index (χ1n) is 7.76. The van der Waals surface area contributed by atoms with E-state index in [1.807, 2.05) is 54.6 Å².